The van der Waals surface area contributed by atoms with Gasteiger partial charge in [-0.2, -0.15) is 8.78 Å². The van der Waals surface area contributed by atoms with E-state index in [1.165, 1.54) is 0 Å². The molecule has 0 amide bonds. The molecule has 1 aromatic carbocycles. The van der Waals surface area contributed by atoms with E-state index in [1.807, 2.05) is 0 Å². The Bertz CT molecular complexity index is 736. The number of halogens is 2. The maximum absolute atomic E-state index is 12.5. The lowest BCUT2D eigenvalue weighted by Gasteiger charge is -2.18. The van der Waals surface area contributed by atoms with E-state index in [4.69, 9.17) is 5.11 Å². The number of nitrogens with one attached hydrogen (secondary N) is 1. The van der Waals surface area contributed by atoms with Gasteiger partial charge in [-0.15, -0.1) is 0 Å². The molecule has 1 rings (SSSR count). The molecule has 0 saturated carbocycles. The van der Waals surface area contributed by atoms with E-state index >= 15 is 0 Å². The first-order chi connectivity index (χ1) is 11.0. The number of hydrogen-bond acceptors (Lipinski definition) is 6. The fourth-order valence-electron chi connectivity index (χ4n) is 1.95. The lowest BCUT2D eigenvalue weighted by Crippen LogP contribution is -2.31. The molecule has 11 heteroatoms. The van der Waals surface area contributed by atoms with Crippen LogP contribution in [0, 0.1) is 16.0 Å². The van der Waals surface area contributed by atoms with Crippen molar-refractivity contribution < 1.29 is 32.0 Å². The van der Waals surface area contributed by atoms with Crippen LogP contribution in [0.4, 0.5) is 20.2 Å². The number of anilines is 1. The Labute approximate surface area is 136 Å². The molecule has 1 aromatic rings. The summed E-state index contributed by atoms with van der Waals surface area (Å²) in [5, 5.41) is 22.7. The molecule has 8 nitrogen and oxygen atoms in total. The Kier molecular flexibility index (Phi) is 6.18. The van der Waals surface area contributed by atoms with Crippen molar-refractivity contribution in [3.63, 3.8) is 0 Å². The van der Waals surface area contributed by atoms with Gasteiger partial charge >= 0.3 is 11.7 Å². The monoisotopic (exact) mass is 366 g/mol. The molecule has 0 heterocycles. The summed E-state index contributed by atoms with van der Waals surface area (Å²) in [4.78, 5) is 20.4. The van der Waals surface area contributed by atoms with Crippen molar-refractivity contribution in [2.24, 2.45) is 5.92 Å². The zero-order valence-corrected chi connectivity index (χ0v) is 13.6. The van der Waals surface area contributed by atoms with E-state index < -0.39 is 43.1 Å². The molecule has 1 atom stereocenters. The van der Waals surface area contributed by atoms with Crippen LogP contribution in [-0.2, 0) is 14.6 Å². The smallest absolute Gasteiger partial charge is 0.341 e. The van der Waals surface area contributed by atoms with Crippen LogP contribution in [0.15, 0.2) is 23.1 Å². The van der Waals surface area contributed by atoms with Crippen LogP contribution in [0.1, 0.15) is 20.3 Å². The minimum absolute atomic E-state index is 0.0314. The zero-order chi connectivity index (χ0) is 18.7. The van der Waals surface area contributed by atoms with Crippen molar-refractivity contribution >= 4 is 27.2 Å². The van der Waals surface area contributed by atoms with E-state index in [0.29, 0.717) is 6.07 Å². The minimum atomic E-state index is -5.00. The van der Waals surface area contributed by atoms with Gasteiger partial charge in [0, 0.05) is 6.07 Å². The maximum atomic E-state index is 12.5. The first kappa shape index (κ1) is 19.7. The van der Waals surface area contributed by atoms with Crippen molar-refractivity contribution in [2.45, 2.75) is 37.0 Å². The molecule has 0 aliphatic rings. The number of hydrogen-bond donors (Lipinski definition) is 2. The number of carboxylic acids is 1. The molecular formula is C13H16F2N2O6S. The number of sulfone groups is 1. The van der Waals surface area contributed by atoms with Gasteiger partial charge in [0.2, 0.25) is 9.84 Å². The van der Waals surface area contributed by atoms with Gasteiger partial charge in [-0.3, -0.25) is 10.1 Å². The second-order valence-corrected chi connectivity index (χ2v) is 7.32. The molecule has 134 valence electrons. The van der Waals surface area contributed by atoms with E-state index in [0.717, 1.165) is 12.1 Å². The average molecular weight is 366 g/mol. The Morgan fingerprint density at radius 1 is 1.38 bits per heavy atom. The van der Waals surface area contributed by atoms with Crippen molar-refractivity contribution in [3.05, 3.63) is 28.3 Å². The number of nitrogens with zero attached hydrogens (tertiary/aromatic N) is 1. The fourth-order valence-corrected chi connectivity index (χ4v) is 2.68. The van der Waals surface area contributed by atoms with Crippen molar-refractivity contribution in [3.8, 4) is 0 Å². The van der Waals surface area contributed by atoms with Gasteiger partial charge in [0.15, 0.2) is 0 Å². The summed E-state index contributed by atoms with van der Waals surface area (Å²) in [5.74, 6) is -5.00. The summed E-state index contributed by atoms with van der Waals surface area (Å²) in [6, 6.07) is 1.01. The molecule has 0 fully saturated rings. The molecule has 24 heavy (non-hydrogen) atoms. The molecule has 0 bridgehead atoms. The number of nitro benzene ring substituents is 1. The largest absolute Gasteiger partial charge is 0.480 e. The van der Waals surface area contributed by atoms with Crippen LogP contribution in [0.2, 0.25) is 0 Å². The van der Waals surface area contributed by atoms with E-state index in [1.54, 1.807) is 13.8 Å². The van der Waals surface area contributed by atoms with E-state index in [9.17, 15) is 32.1 Å². The predicted octanol–water partition coefficient (Wildman–Crippen LogP) is 2.50. The normalized spacial score (nSPS) is 13.1. The summed E-state index contributed by atoms with van der Waals surface area (Å²) in [7, 11) is -5.00. The molecule has 0 aliphatic heterocycles. The molecule has 0 spiro atoms. The maximum Gasteiger partial charge on any atom is 0.341 e. The number of rotatable bonds is 8. The third-order valence-electron chi connectivity index (χ3n) is 3.06. The van der Waals surface area contributed by atoms with Gasteiger partial charge < -0.3 is 10.4 Å². The van der Waals surface area contributed by atoms with Crippen LogP contribution >= 0.6 is 0 Å². The fraction of sp³-hybridized carbons (Fsp3) is 0.462. The van der Waals surface area contributed by atoms with Gasteiger partial charge in [-0.1, -0.05) is 13.8 Å². The molecule has 0 unspecified atom stereocenters. The highest BCUT2D eigenvalue weighted by atomic mass is 32.2. The number of carboxylic acid groups (broad SMARTS) is 1. The average Bonchev–Trinajstić information content (AvgIpc) is 2.45. The Balaban J connectivity index is 3.30. The van der Waals surface area contributed by atoms with Gasteiger partial charge in [-0.05, 0) is 24.5 Å². The van der Waals surface area contributed by atoms with Crippen molar-refractivity contribution in [1.82, 2.24) is 0 Å². The van der Waals surface area contributed by atoms with Crippen LogP contribution < -0.4 is 5.32 Å². The first-order valence-corrected chi connectivity index (χ1v) is 8.31. The third kappa shape index (κ3) is 4.60. The molecular weight excluding hydrogens is 350 g/mol. The number of carbonyl (C=O) groups is 1. The Hall–Kier alpha value is -2.30. The Morgan fingerprint density at radius 3 is 2.38 bits per heavy atom. The molecule has 0 radical (unpaired) electrons. The summed E-state index contributed by atoms with van der Waals surface area (Å²) in [6.45, 7) is 3.51. The zero-order valence-electron chi connectivity index (χ0n) is 12.8. The van der Waals surface area contributed by atoms with Gasteiger partial charge in [0.1, 0.15) is 11.7 Å². The highest BCUT2D eigenvalue weighted by Gasteiger charge is 2.30. The van der Waals surface area contributed by atoms with E-state index in [-0.39, 0.29) is 18.0 Å². The van der Waals surface area contributed by atoms with Crippen LogP contribution in [0.25, 0.3) is 0 Å². The lowest BCUT2D eigenvalue weighted by atomic mass is 10.0. The molecule has 0 aromatic heterocycles. The molecule has 0 saturated heterocycles. The van der Waals surface area contributed by atoms with E-state index in [2.05, 4.69) is 5.32 Å². The SMILES string of the molecule is CC(C)C[C@H](Nc1ccc(S(=O)(=O)C(F)F)cc1[N+](=O)[O-])C(=O)O. The second kappa shape index (κ2) is 7.51. The number of aliphatic carboxylic acids is 1. The van der Waals surface area contributed by atoms with Gasteiger partial charge in [0.05, 0.1) is 9.82 Å². The quantitative estimate of drug-likeness (QED) is 0.534. The number of alkyl halides is 2. The first-order valence-electron chi connectivity index (χ1n) is 6.76. The second-order valence-electron chi connectivity index (χ2n) is 5.41. The lowest BCUT2D eigenvalue weighted by molar-refractivity contribution is -0.384. The predicted molar refractivity (Wildman–Crippen MR) is 80.8 cm³/mol. The highest BCUT2D eigenvalue weighted by molar-refractivity contribution is 7.91. The topological polar surface area (TPSA) is 127 Å². The van der Waals surface area contributed by atoms with Crippen LogP contribution in [0.3, 0.4) is 0 Å². The van der Waals surface area contributed by atoms with Gasteiger partial charge in [0.25, 0.3) is 5.69 Å². The number of nitro groups is 1. The molecule has 0 aliphatic carbocycles. The Morgan fingerprint density at radius 2 is 1.96 bits per heavy atom. The standard InChI is InChI=1S/C13H16F2N2O6S/c1-7(2)5-10(12(18)19)16-9-4-3-8(6-11(9)17(20)21)24(22,23)13(14)15/h3-4,6-7,10,13,16H,5H2,1-2H3,(H,18,19)/t10-/m0/s1. The minimum Gasteiger partial charge on any atom is -0.480 e. The van der Waals surface area contributed by atoms with Crippen molar-refractivity contribution in [1.29, 1.82) is 0 Å². The summed E-state index contributed by atoms with van der Waals surface area (Å²) in [6.07, 6.45) is 0.156. The van der Waals surface area contributed by atoms with Crippen LogP contribution in [-0.4, -0.2) is 36.2 Å². The third-order valence-corrected chi connectivity index (χ3v) is 4.44. The summed E-state index contributed by atoms with van der Waals surface area (Å²) < 4.78 is 47.9. The van der Waals surface area contributed by atoms with Crippen LogP contribution in [0.5, 0.6) is 0 Å². The summed E-state index contributed by atoms with van der Waals surface area (Å²) >= 11 is 0. The number of benzene rings is 1. The highest BCUT2D eigenvalue weighted by Crippen LogP contribution is 2.30. The molecule has 2 N–H and O–H groups in total. The van der Waals surface area contributed by atoms with Gasteiger partial charge in [-0.25, -0.2) is 13.2 Å². The van der Waals surface area contributed by atoms with Crippen molar-refractivity contribution in [2.75, 3.05) is 5.32 Å². The summed E-state index contributed by atoms with van der Waals surface area (Å²) in [5.41, 5.74) is -1.06.